The van der Waals surface area contributed by atoms with Crippen molar-refractivity contribution >= 4 is 51.6 Å². The van der Waals surface area contributed by atoms with Gasteiger partial charge in [-0.05, 0) is 101 Å². The Bertz CT molecular complexity index is 2850. The fraction of sp³-hybridized carbons (Fsp3) is 0.365. The highest BCUT2D eigenvalue weighted by molar-refractivity contribution is 6.16. The van der Waals surface area contributed by atoms with Crippen molar-refractivity contribution in [1.29, 1.82) is 0 Å². The number of hydrogen-bond acceptors (Lipinski definition) is 11. The maximum atomic E-state index is 13.9. The Morgan fingerprint density at radius 1 is 0.697 bits per heavy atom. The molecule has 14 heteroatoms. The smallest absolute Gasteiger partial charge is 0.419 e. The average Bonchev–Trinajstić information content (AvgIpc) is 3.88. The molecule has 1 amide bonds. The molecule has 0 atom stereocenters. The number of fused-ring (bicyclic) bond motifs is 3. The highest BCUT2D eigenvalue weighted by atomic mass is 16.6. The van der Waals surface area contributed by atoms with E-state index in [-0.39, 0.29) is 23.1 Å². The second kappa shape index (κ2) is 18.8. The minimum Gasteiger partial charge on any atom is -0.497 e. The molecule has 0 saturated carbocycles. The number of ether oxygens (including phenoxy) is 4. The van der Waals surface area contributed by atoms with E-state index >= 15 is 0 Å². The maximum Gasteiger partial charge on any atom is 0.419 e. The van der Waals surface area contributed by atoms with Crippen molar-refractivity contribution in [1.82, 2.24) is 33.6 Å². The van der Waals surface area contributed by atoms with E-state index in [2.05, 4.69) is 68.8 Å². The van der Waals surface area contributed by atoms with E-state index in [4.69, 9.17) is 18.9 Å². The third-order valence-corrected chi connectivity index (χ3v) is 13.7. The fourth-order valence-corrected chi connectivity index (χ4v) is 9.54. The van der Waals surface area contributed by atoms with Gasteiger partial charge in [0, 0.05) is 142 Å². The topological polar surface area (TPSA) is 114 Å². The average molecular weight is 894 g/mol. The van der Waals surface area contributed by atoms with Crippen molar-refractivity contribution in [2.24, 2.45) is 0 Å². The van der Waals surface area contributed by atoms with Gasteiger partial charge in [-0.25, -0.2) is 4.79 Å². The van der Waals surface area contributed by atoms with Gasteiger partial charge in [-0.3, -0.25) is 24.3 Å². The summed E-state index contributed by atoms with van der Waals surface area (Å²) in [6.07, 6.45) is 7.84. The van der Waals surface area contributed by atoms with Gasteiger partial charge in [0.1, 0.15) is 23.0 Å². The van der Waals surface area contributed by atoms with Crippen LogP contribution >= 0.6 is 0 Å². The predicted molar refractivity (Wildman–Crippen MR) is 258 cm³/mol. The second-order valence-corrected chi connectivity index (χ2v) is 17.7. The van der Waals surface area contributed by atoms with Gasteiger partial charge in [-0.1, -0.05) is 6.08 Å². The van der Waals surface area contributed by atoms with Crippen LogP contribution in [-0.4, -0.2) is 152 Å². The highest BCUT2D eigenvalue weighted by Gasteiger charge is 2.31. The van der Waals surface area contributed by atoms with Crippen molar-refractivity contribution in [2.45, 2.75) is 26.9 Å². The minimum absolute atomic E-state index is 0.177. The van der Waals surface area contributed by atoms with Crippen LogP contribution in [0.25, 0.3) is 34.0 Å². The van der Waals surface area contributed by atoms with Gasteiger partial charge in [0.05, 0.1) is 25.5 Å². The lowest BCUT2D eigenvalue weighted by Crippen LogP contribution is -2.45. The van der Waals surface area contributed by atoms with E-state index in [0.29, 0.717) is 28.3 Å². The predicted octanol–water partition coefficient (Wildman–Crippen LogP) is 6.88. The first-order valence-corrected chi connectivity index (χ1v) is 22.7. The van der Waals surface area contributed by atoms with E-state index in [9.17, 15) is 14.4 Å². The number of methoxy groups -OCH3 is 2. The van der Waals surface area contributed by atoms with Crippen molar-refractivity contribution < 1.29 is 33.3 Å². The van der Waals surface area contributed by atoms with Crippen molar-refractivity contribution in [3.8, 4) is 23.0 Å². The summed E-state index contributed by atoms with van der Waals surface area (Å²) in [6, 6.07) is 16.8. The Labute approximate surface area is 386 Å². The molecular formula is C52H59N7O7. The van der Waals surface area contributed by atoms with Crippen LogP contribution in [0, 0.1) is 13.8 Å². The van der Waals surface area contributed by atoms with Crippen LogP contribution in [0.2, 0.25) is 0 Å². The first kappa shape index (κ1) is 44.7. The van der Waals surface area contributed by atoms with Gasteiger partial charge >= 0.3 is 6.09 Å². The van der Waals surface area contributed by atoms with E-state index in [1.807, 2.05) is 36.4 Å². The Morgan fingerprint density at radius 3 is 1.77 bits per heavy atom. The lowest BCUT2D eigenvalue weighted by Gasteiger charge is -2.32. The lowest BCUT2D eigenvalue weighted by molar-refractivity contribution is -0.111. The van der Waals surface area contributed by atoms with Crippen LogP contribution in [0.15, 0.2) is 89.9 Å². The Hall–Kier alpha value is -6.45. The number of benzene rings is 3. The quantitative estimate of drug-likeness (QED) is 0.122. The first-order chi connectivity index (χ1) is 31.9. The molecule has 1 aliphatic carbocycles. The summed E-state index contributed by atoms with van der Waals surface area (Å²) in [5.74, 6) is 1.60. The zero-order valence-electron chi connectivity index (χ0n) is 39.1. The molecule has 2 saturated heterocycles. The van der Waals surface area contributed by atoms with E-state index in [1.165, 1.54) is 11.0 Å². The summed E-state index contributed by atoms with van der Waals surface area (Å²) < 4.78 is 28.0. The Morgan fingerprint density at radius 2 is 1.23 bits per heavy atom. The van der Waals surface area contributed by atoms with Gasteiger partial charge in [0.2, 0.25) is 5.78 Å². The van der Waals surface area contributed by atoms with Gasteiger partial charge in [-0.15, -0.1) is 0 Å². The molecule has 344 valence electrons. The van der Waals surface area contributed by atoms with Crippen LogP contribution < -0.4 is 18.9 Å². The zero-order chi connectivity index (χ0) is 46.2. The van der Waals surface area contributed by atoms with E-state index in [1.54, 1.807) is 51.6 Å². The number of Topliss-reactive ketones (excluding diaryl/α,β-unsaturated/α-hetero) is 1. The van der Waals surface area contributed by atoms with Gasteiger partial charge in [0.25, 0.3) is 0 Å². The number of piperazine rings is 2. The Kier molecular flexibility index (Phi) is 12.7. The minimum atomic E-state index is -0.711. The number of nitrogens with zero attached hydrogens (tertiary/aromatic N) is 7. The van der Waals surface area contributed by atoms with E-state index in [0.717, 1.165) is 129 Å². The van der Waals surface area contributed by atoms with E-state index < -0.39 is 6.09 Å². The summed E-state index contributed by atoms with van der Waals surface area (Å²) in [5.41, 5.74) is 6.99. The molecular weight excluding hydrogens is 835 g/mol. The molecule has 5 aromatic rings. The maximum absolute atomic E-state index is 13.9. The molecule has 4 aliphatic rings. The van der Waals surface area contributed by atoms with Gasteiger partial charge in [-0.2, -0.15) is 0 Å². The molecule has 2 fully saturated rings. The summed E-state index contributed by atoms with van der Waals surface area (Å²) >= 11 is 0. The summed E-state index contributed by atoms with van der Waals surface area (Å²) in [6.45, 7) is 15.8. The molecule has 3 aromatic carbocycles. The number of carbonyl (C=O) groups excluding carboxylic acids is 3. The summed E-state index contributed by atoms with van der Waals surface area (Å²) in [7, 11) is 9.19. The second-order valence-electron chi connectivity index (χ2n) is 17.7. The number of ketones is 2. The lowest BCUT2D eigenvalue weighted by atomic mass is 9.97. The van der Waals surface area contributed by atoms with Crippen LogP contribution in [0.1, 0.15) is 32.9 Å². The van der Waals surface area contributed by atoms with Crippen molar-refractivity contribution in [2.75, 3.05) is 101 Å². The summed E-state index contributed by atoms with van der Waals surface area (Å²) in [4.78, 5) is 52.5. The third-order valence-electron chi connectivity index (χ3n) is 13.7. The molecule has 0 bridgehead atoms. The molecule has 3 aliphatic heterocycles. The fourth-order valence-electron chi connectivity index (χ4n) is 9.54. The highest BCUT2D eigenvalue weighted by Crippen LogP contribution is 2.39. The monoisotopic (exact) mass is 893 g/mol. The normalized spacial score (nSPS) is 18.7. The number of likely N-dealkylation sites (N-methyl/N-ethyl adjacent to an activating group) is 3. The standard InChI is InChI=1S/C52H59N7O7/c1-34-40(42-29-36(63-6)12-15-46(42)58(34)27-25-56-21-17-53(3)18-22-56)32-44-45(9-8-10-48(44)60)55(5)52(62)65-38-11-14-39-49(31-38)66-50(51(39)61)33-41-35(2)59(28-26-57-23-19-54(4)20-24-57)47-16-13-37(64-7)30-43(41)47/h8-16,29-33H,17-28H2,1-7H3. The van der Waals surface area contributed by atoms with Crippen molar-refractivity contribution in [3.05, 3.63) is 118 Å². The number of aromatic nitrogens is 2. The molecule has 66 heavy (non-hydrogen) atoms. The number of hydrogen-bond donors (Lipinski definition) is 0. The number of allylic oxidation sites excluding steroid dienone is 5. The third kappa shape index (κ3) is 8.81. The summed E-state index contributed by atoms with van der Waals surface area (Å²) in [5, 5.41) is 1.91. The van der Waals surface area contributed by atoms with Crippen LogP contribution in [0.5, 0.6) is 23.0 Å². The van der Waals surface area contributed by atoms with Gasteiger partial charge in [0.15, 0.2) is 11.5 Å². The molecule has 2 aromatic heterocycles. The molecule has 0 spiro atoms. The molecule has 0 N–H and O–H groups in total. The Balaban J connectivity index is 0.944. The number of amides is 1. The molecule has 14 nitrogen and oxygen atoms in total. The van der Waals surface area contributed by atoms with Crippen molar-refractivity contribution in [3.63, 3.8) is 0 Å². The number of carbonyl (C=O) groups is 3. The number of rotatable bonds is 12. The first-order valence-electron chi connectivity index (χ1n) is 22.7. The largest absolute Gasteiger partial charge is 0.497 e. The zero-order valence-corrected chi connectivity index (χ0v) is 39.1. The molecule has 0 radical (unpaired) electrons. The van der Waals surface area contributed by atoms with Crippen LogP contribution in [-0.2, 0) is 17.9 Å². The van der Waals surface area contributed by atoms with Gasteiger partial charge < -0.3 is 37.9 Å². The molecule has 9 rings (SSSR count). The van der Waals surface area contributed by atoms with Crippen LogP contribution in [0.4, 0.5) is 4.79 Å². The molecule has 0 unspecified atom stereocenters. The molecule has 5 heterocycles. The van der Waals surface area contributed by atoms with Crippen LogP contribution in [0.3, 0.4) is 0 Å². The SMILES string of the molecule is COc1ccc2c(c1)c(C=C1Oc3cc(OC(=O)N(C)C4=CC=CC(=O)C4=Cc4c(C)n(CCN5CCN(C)CC5)c5ccc(OC)cc45)ccc3C1=O)c(C)n2CCN1CCN(C)CC1.